The Balaban J connectivity index is 2.00. The van der Waals surface area contributed by atoms with Gasteiger partial charge in [-0.25, -0.2) is 0 Å². The first kappa shape index (κ1) is 13.7. The minimum absolute atomic E-state index is 0.0591. The van der Waals surface area contributed by atoms with E-state index in [1.54, 1.807) is 0 Å². The number of nitrogens with zero attached hydrogens (tertiary/aromatic N) is 1. The molecular formula is C19H19NO2. The highest BCUT2D eigenvalue weighted by Gasteiger charge is 2.33. The third-order valence-electron chi connectivity index (χ3n) is 4.59. The predicted molar refractivity (Wildman–Crippen MR) is 88.5 cm³/mol. The molecule has 1 aliphatic heterocycles. The van der Waals surface area contributed by atoms with Crippen LogP contribution in [0.25, 0.3) is 21.5 Å². The quantitative estimate of drug-likeness (QED) is 0.732. The summed E-state index contributed by atoms with van der Waals surface area (Å²) in [5.41, 5.74) is 1.30. The molecule has 112 valence electrons. The van der Waals surface area contributed by atoms with Crippen LogP contribution >= 0.6 is 0 Å². The van der Waals surface area contributed by atoms with E-state index in [9.17, 15) is 5.11 Å². The summed E-state index contributed by atoms with van der Waals surface area (Å²) >= 11 is 0. The van der Waals surface area contributed by atoms with Gasteiger partial charge in [0.15, 0.2) is 0 Å². The normalized spacial score (nSPS) is 22.6. The van der Waals surface area contributed by atoms with Crippen molar-refractivity contribution in [1.82, 2.24) is 5.06 Å². The molecule has 3 nitrogen and oxygen atoms in total. The second kappa shape index (κ2) is 5.36. The molecule has 1 saturated heterocycles. The van der Waals surface area contributed by atoms with Gasteiger partial charge in [0.25, 0.3) is 0 Å². The van der Waals surface area contributed by atoms with Crippen LogP contribution in [0.1, 0.15) is 18.0 Å². The average Bonchev–Trinajstić information content (AvgIpc) is 2.93. The van der Waals surface area contributed by atoms with Crippen LogP contribution in [-0.4, -0.2) is 29.9 Å². The lowest BCUT2D eigenvalue weighted by molar-refractivity contribution is -0.152. The molecular weight excluding hydrogens is 274 g/mol. The minimum Gasteiger partial charge on any atom is -0.394 e. The molecule has 2 atom stereocenters. The molecule has 3 aromatic carbocycles. The van der Waals surface area contributed by atoms with Gasteiger partial charge in [0.1, 0.15) is 6.10 Å². The van der Waals surface area contributed by atoms with Crippen molar-refractivity contribution >= 4 is 21.5 Å². The Morgan fingerprint density at radius 1 is 1.05 bits per heavy atom. The van der Waals surface area contributed by atoms with Crippen LogP contribution < -0.4 is 0 Å². The smallest absolute Gasteiger partial charge is 0.104 e. The Morgan fingerprint density at radius 2 is 1.64 bits per heavy atom. The van der Waals surface area contributed by atoms with Gasteiger partial charge in [-0.15, -0.1) is 0 Å². The van der Waals surface area contributed by atoms with Crippen molar-refractivity contribution in [3.05, 3.63) is 60.2 Å². The topological polar surface area (TPSA) is 32.7 Å². The summed E-state index contributed by atoms with van der Waals surface area (Å²) in [4.78, 5) is 5.76. The second-order valence-electron chi connectivity index (χ2n) is 5.94. The van der Waals surface area contributed by atoms with E-state index in [0.717, 1.165) is 6.42 Å². The van der Waals surface area contributed by atoms with E-state index in [0.29, 0.717) is 0 Å². The van der Waals surface area contributed by atoms with Crippen LogP contribution in [0.4, 0.5) is 0 Å². The van der Waals surface area contributed by atoms with E-state index >= 15 is 0 Å². The van der Waals surface area contributed by atoms with E-state index in [2.05, 4.69) is 54.6 Å². The monoisotopic (exact) mass is 293 g/mol. The minimum atomic E-state index is -0.118. The molecule has 4 rings (SSSR count). The second-order valence-corrected chi connectivity index (χ2v) is 5.94. The summed E-state index contributed by atoms with van der Waals surface area (Å²) in [7, 11) is 1.96. The maximum Gasteiger partial charge on any atom is 0.104 e. The molecule has 3 heteroatoms. The van der Waals surface area contributed by atoms with Crippen molar-refractivity contribution in [2.75, 3.05) is 13.7 Å². The van der Waals surface area contributed by atoms with Crippen LogP contribution in [0.5, 0.6) is 0 Å². The highest BCUT2D eigenvalue weighted by atomic mass is 16.7. The van der Waals surface area contributed by atoms with Gasteiger partial charge in [0, 0.05) is 7.05 Å². The summed E-state index contributed by atoms with van der Waals surface area (Å²) in [6.07, 6.45) is 0.693. The Morgan fingerprint density at radius 3 is 2.18 bits per heavy atom. The zero-order valence-corrected chi connectivity index (χ0v) is 12.6. The molecule has 0 radical (unpaired) electrons. The number of fused-ring (bicyclic) bond motifs is 2. The third-order valence-corrected chi connectivity index (χ3v) is 4.59. The van der Waals surface area contributed by atoms with Gasteiger partial charge in [-0.1, -0.05) is 48.5 Å². The first-order chi connectivity index (χ1) is 10.8. The van der Waals surface area contributed by atoms with Crippen molar-refractivity contribution in [3.8, 4) is 0 Å². The molecule has 0 aliphatic carbocycles. The number of hydroxylamine groups is 2. The summed E-state index contributed by atoms with van der Waals surface area (Å²) in [5.74, 6) is 0. The summed E-state index contributed by atoms with van der Waals surface area (Å²) in [6, 6.07) is 19.4. The van der Waals surface area contributed by atoms with Crippen LogP contribution in [0.3, 0.4) is 0 Å². The van der Waals surface area contributed by atoms with Crippen molar-refractivity contribution in [1.29, 1.82) is 0 Å². The number of hydrogen-bond acceptors (Lipinski definition) is 3. The zero-order chi connectivity index (χ0) is 15.1. The van der Waals surface area contributed by atoms with Gasteiger partial charge in [0.05, 0.1) is 12.6 Å². The lowest BCUT2D eigenvalue weighted by atomic mass is 9.90. The van der Waals surface area contributed by atoms with Gasteiger partial charge in [-0.2, -0.15) is 5.06 Å². The number of rotatable bonds is 2. The maximum atomic E-state index is 9.42. The molecule has 22 heavy (non-hydrogen) atoms. The first-order valence-corrected chi connectivity index (χ1v) is 7.69. The number of benzene rings is 3. The fourth-order valence-electron chi connectivity index (χ4n) is 3.56. The molecule has 1 N–H and O–H groups in total. The number of hydrogen-bond donors (Lipinski definition) is 1. The van der Waals surface area contributed by atoms with E-state index in [1.807, 2.05) is 12.1 Å². The summed E-state index contributed by atoms with van der Waals surface area (Å²) in [5, 5.41) is 16.3. The molecule has 0 spiro atoms. The Labute approximate surface area is 129 Å². The first-order valence-electron chi connectivity index (χ1n) is 7.69. The Bertz CT molecular complexity index is 776. The van der Waals surface area contributed by atoms with Gasteiger partial charge >= 0.3 is 0 Å². The molecule has 1 aliphatic rings. The molecule has 0 bridgehead atoms. The lowest BCUT2D eigenvalue weighted by Crippen LogP contribution is -2.18. The molecule has 3 aromatic rings. The average molecular weight is 293 g/mol. The predicted octanol–water partition coefficient (Wildman–Crippen LogP) is 3.66. The van der Waals surface area contributed by atoms with Crippen molar-refractivity contribution in [2.45, 2.75) is 18.6 Å². The van der Waals surface area contributed by atoms with E-state index in [-0.39, 0.29) is 18.8 Å². The molecule has 1 fully saturated rings. The van der Waals surface area contributed by atoms with Gasteiger partial charge in [0.2, 0.25) is 0 Å². The highest BCUT2D eigenvalue weighted by Crippen LogP contribution is 2.40. The Hall–Kier alpha value is -1.94. The lowest BCUT2D eigenvalue weighted by Gasteiger charge is -2.21. The molecule has 1 heterocycles. The van der Waals surface area contributed by atoms with Crippen molar-refractivity contribution in [2.24, 2.45) is 0 Å². The SMILES string of the molecule is CN1O[C@@H](CO)C[C@@H]1c1c2ccccc2cc2ccccc12. The van der Waals surface area contributed by atoms with Crippen molar-refractivity contribution in [3.63, 3.8) is 0 Å². The number of aliphatic hydroxyl groups is 1. The fraction of sp³-hybridized carbons (Fsp3) is 0.263. The number of aliphatic hydroxyl groups excluding tert-OH is 1. The van der Waals surface area contributed by atoms with Gasteiger partial charge in [-0.05, 0) is 39.6 Å². The van der Waals surface area contributed by atoms with E-state index < -0.39 is 0 Å². The zero-order valence-electron chi connectivity index (χ0n) is 12.6. The van der Waals surface area contributed by atoms with E-state index in [4.69, 9.17) is 4.84 Å². The molecule has 0 unspecified atom stereocenters. The molecule has 0 saturated carbocycles. The summed E-state index contributed by atoms with van der Waals surface area (Å²) < 4.78 is 0. The van der Waals surface area contributed by atoms with Gasteiger partial charge in [-0.3, -0.25) is 4.84 Å². The largest absolute Gasteiger partial charge is 0.394 e. The maximum absolute atomic E-state index is 9.42. The van der Waals surface area contributed by atoms with Crippen LogP contribution in [0.15, 0.2) is 54.6 Å². The third kappa shape index (κ3) is 2.10. The van der Waals surface area contributed by atoms with E-state index in [1.165, 1.54) is 27.1 Å². The van der Waals surface area contributed by atoms with Crippen molar-refractivity contribution < 1.29 is 9.94 Å². The summed E-state index contributed by atoms with van der Waals surface area (Å²) in [6.45, 7) is 0.0591. The van der Waals surface area contributed by atoms with Crippen LogP contribution in [0.2, 0.25) is 0 Å². The van der Waals surface area contributed by atoms with Crippen LogP contribution in [0, 0.1) is 0 Å². The molecule has 0 aromatic heterocycles. The highest BCUT2D eigenvalue weighted by molar-refractivity contribution is 6.02. The van der Waals surface area contributed by atoms with Crippen LogP contribution in [-0.2, 0) is 4.84 Å². The standard InChI is InChI=1S/C19H19NO2/c1-20-18(11-15(12-21)22-20)19-16-8-4-2-6-13(16)10-14-7-3-5-9-17(14)19/h2-10,15,18,21H,11-12H2,1H3/t15-,18-/m1/s1. The Kier molecular flexibility index (Phi) is 3.34. The van der Waals surface area contributed by atoms with Gasteiger partial charge < -0.3 is 5.11 Å². The fourth-order valence-corrected chi connectivity index (χ4v) is 3.56. The molecule has 0 amide bonds.